The summed E-state index contributed by atoms with van der Waals surface area (Å²) in [4.78, 5) is 23.4. The van der Waals surface area contributed by atoms with Gasteiger partial charge in [-0.2, -0.15) is 11.8 Å². The van der Waals surface area contributed by atoms with Crippen LogP contribution in [0.1, 0.15) is 155 Å². The Balaban J connectivity index is -0.000000111. The molecule has 0 saturated carbocycles. The number of thioether (sulfide) groups is 1. The first-order valence-corrected chi connectivity index (χ1v) is 17.7. The van der Waals surface area contributed by atoms with Gasteiger partial charge in [-0.15, -0.1) is 0 Å². The van der Waals surface area contributed by atoms with Gasteiger partial charge in [-0.05, 0) is 49.7 Å². The highest BCUT2D eigenvalue weighted by atomic mass is 32.2. The van der Waals surface area contributed by atoms with Gasteiger partial charge in [0, 0.05) is 31.9 Å². The van der Waals surface area contributed by atoms with Crippen LogP contribution in [0.4, 0.5) is 0 Å². The van der Waals surface area contributed by atoms with Gasteiger partial charge >= 0.3 is 0 Å². The Morgan fingerprint density at radius 1 is 0.769 bits per heavy atom. The molecule has 0 saturated heterocycles. The van der Waals surface area contributed by atoms with Gasteiger partial charge in [-0.3, -0.25) is 9.59 Å². The normalized spacial score (nSPS) is 9.59. The van der Waals surface area contributed by atoms with Gasteiger partial charge in [0.15, 0.2) is 0 Å². The van der Waals surface area contributed by atoms with E-state index in [2.05, 4.69) is 45.3 Å². The van der Waals surface area contributed by atoms with Gasteiger partial charge in [-0.25, -0.2) is 0 Å². The molecule has 0 spiro atoms. The van der Waals surface area contributed by atoms with Crippen LogP contribution in [0.15, 0.2) is 0 Å². The van der Waals surface area contributed by atoms with Crippen LogP contribution in [-0.2, 0) is 9.59 Å². The first kappa shape index (κ1) is 51.0. The molecular weight excluding hydrogens is 504 g/mol. The van der Waals surface area contributed by atoms with Crippen molar-refractivity contribution in [1.29, 1.82) is 0 Å². The molecule has 0 aliphatic rings. The lowest BCUT2D eigenvalue weighted by molar-refractivity contribution is -0.132. The summed E-state index contributed by atoms with van der Waals surface area (Å²) in [6, 6.07) is 0. The van der Waals surface area contributed by atoms with Crippen molar-refractivity contribution in [3.63, 3.8) is 0 Å². The van der Waals surface area contributed by atoms with E-state index in [1.807, 2.05) is 81.0 Å². The Labute approximate surface area is 252 Å². The minimum absolute atomic E-state index is 0.0822. The zero-order valence-electron chi connectivity index (χ0n) is 29.5. The van der Waals surface area contributed by atoms with Crippen LogP contribution in [0.3, 0.4) is 0 Å². The summed E-state index contributed by atoms with van der Waals surface area (Å²) in [7, 11) is 0. The fourth-order valence-electron chi connectivity index (χ4n) is 3.44. The second-order valence-electron chi connectivity index (χ2n) is 8.67. The van der Waals surface area contributed by atoms with E-state index in [0.717, 1.165) is 56.2 Å². The van der Waals surface area contributed by atoms with Gasteiger partial charge in [0.1, 0.15) is 0 Å². The molecule has 0 aliphatic carbocycles. The topological polar surface area (TPSA) is 78.4 Å². The van der Waals surface area contributed by atoms with E-state index in [0.29, 0.717) is 18.8 Å². The molecule has 39 heavy (non-hydrogen) atoms. The van der Waals surface area contributed by atoms with Crippen molar-refractivity contribution in [3.8, 4) is 0 Å². The molecule has 6 heteroatoms. The number of hydrogen-bond acceptors (Lipinski definition) is 4. The number of amides is 2. The smallest absolute Gasteiger partial charge is 0.226 e. The Morgan fingerprint density at radius 2 is 1.26 bits per heavy atom. The Bertz CT molecular complexity index is 439. The van der Waals surface area contributed by atoms with Crippen molar-refractivity contribution in [2.45, 2.75) is 155 Å². The maximum atomic E-state index is 12.0. The third kappa shape index (κ3) is 35.2. The van der Waals surface area contributed by atoms with Gasteiger partial charge < -0.3 is 15.7 Å². The lowest BCUT2D eigenvalue weighted by Crippen LogP contribution is -2.41. The monoisotopic (exact) mass is 581 g/mol. The SMILES string of the molecule is CC.CC.CC.CC.CCC(CC)CCNC(=O)CCC(C)C.CCSCCNC(=O)C(CC)(CC)CCO. The summed E-state index contributed by atoms with van der Waals surface area (Å²) < 4.78 is 0. The fourth-order valence-corrected chi connectivity index (χ4v) is 3.98. The predicted molar refractivity (Wildman–Crippen MR) is 182 cm³/mol. The highest BCUT2D eigenvalue weighted by Crippen LogP contribution is 2.30. The summed E-state index contributed by atoms with van der Waals surface area (Å²) >= 11 is 1.83. The third-order valence-corrected chi connectivity index (χ3v) is 7.04. The number of carbonyl (C=O) groups is 2. The summed E-state index contributed by atoms with van der Waals surface area (Å²) in [6.45, 7) is 32.5. The standard InChI is InChI=1S/C13H27NO.C12H25NO2S.4C2H6/c1-5-12(6-2)9-10-14-13(15)8-7-11(3)4;1-4-12(5-2,7-9-14)11(15)13-8-10-16-6-3;4*1-2/h11-12H,5-10H2,1-4H3,(H,14,15);14H,4-10H2,1-3H3,(H,13,15);4*1-2H3. The second-order valence-corrected chi connectivity index (χ2v) is 10.1. The average Bonchev–Trinajstić information content (AvgIpc) is 2.99. The lowest BCUT2D eigenvalue weighted by atomic mass is 9.78. The van der Waals surface area contributed by atoms with Crippen LogP contribution >= 0.6 is 11.8 Å². The summed E-state index contributed by atoms with van der Waals surface area (Å²) in [5, 5.41) is 15.0. The summed E-state index contributed by atoms with van der Waals surface area (Å²) in [6.07, 6.45) is 7.38. The molecule has 0 aromatic carbocycles. The van der Waals surface area contributed by atoms with Crippen molar-refractivity contribution >= 4 is 23.6 Å². The quantitative estimate of drug-likeness (QED) is 0.150. The van der Waals surface area contributed by atoms with Crippen molar-refractivity contribution in [2.75, 3.05) is 31.2 Å². The van der Waals surface area contributed by atoms with Crippen LogP contribution in [0.5, 0.6) is 0 Å². The molecule has 0 bridgehead atoms. The molecule has 0 aromatic rings. The number of aliphatic hydroxyl groups is 1. The largest absolute Gasteiger partial charge is 0.396 e. The van der Waals surface area contributed by atoms with Crippen LogP contribution in [0.25, 0.3) is 0 Å². The molecule has 2 amide bonds. The van der Waals surface area contributed by atoms with Crippen molar-refractivity contribution in [1.82, 2.24) is 10.6 Å². The molecule has 0 atom stereocenters. The minimum Gasteiger partial charge on any atom is -0.396 e. The zero-order chi connectivity index (χ0) is 32.1. The molecule has 0 heterocycles. The van der Waals surface area contributed by atoms with Crippen LogP contribution < -0.4 is 10.6 Å². The van der Waals surface area contributed by atoms with Gasteiger partial charge in [0.25, 0.3) is 0 Å². The number of carbonyl (C=O) groups excluding carboxylic acids is 2. The van der Waals surface area contributed by atoms with E-state index in [9.17, 15) is 9.59 Å². The first-order valence-electron chi connectivity index (χ1n) is 16.5. The minimum atomic E-state index is -0.369. The Morgan fingerprint density at radius 3 is 1.62 bits per heavy atom. The van der Waals surface area contributed by atoms with E-state index >= 15 is 0 Å². The molecule has 3 N–H and O–H groups in total. The predicted octanol–water partition coefficient (Wildman–Crippen LogP) is 9.51. The van der Waals surface area contributed by atoms with Crippen molar-refractivity contribution in [3.05, 3.63) is 0 Å². The molecule has 0 rings (SSSR count). The second kappa shape index (κ2) is 44.3. The summed E-state index contributed by atoms with van der Waals surface area (Å²) in [5.41, 5.74) is -0.369. The average molecular weight is 581 g/mol. The number of rotatable bonds is 17. The fraction of sp³-hybridized carbons (Fsp3) is 0.939. The van der Waals surface area contributed by atoms with E-state index < -0.39 is 0 Å². The third-order valence-electron chi connectivity index (χ3n) is 6.14. The highest BCUT2D eigenvalue weighted by Gasteiger charge is 2.33. The first-order chi connectivity index (χ1) is 18.8. The van der Waals surface area contributed by atoms with Gasteiger partial charge in [-0.1, -0.05) is 117 Å². The van der Waals surface area contributed by atoms with Crippen molar-refractivity contribution in [2.24, 2.45) is 17.3 Å². The van der Waals surface area contributed by atoms with Crippen LogP contribution in [0, 0.1) is 17.3 Å². The van der Waals surface area contributed by atoms with E-state index in [4.69, 9.17) is 5.11 Å². The molecule has 0 radical (unpaired) electrons. The van der Waals surface area contributed by atoms with Crippen LogP contribution in [-0.4, -0.2) is 48.1 Å². The molecule has 0 aromatic heterocycles. The van der Waals surface area contributed by atoms with E-state index in [-0.39, 0.29) is 23.8 Å². The molecule has 242 valence electrons. The number of aliphatic hydroxyl groups excluding tert-OH is 1. The molecule has 5 nitrogen and oxygen atoms in total. The van der Waals surface area contributed by atoms with E-state index in [1.54, 1.807) is 0 Å². The Kier molecular flexibility index (Phi) is 57.9. The Hall–Kier alpha value is -0.750. The maximum Gasteiger partial charge on any atom is 0.226 e. The van der Waals surface area contributed by atoms with Crippen LogP contribution in [0.2, 0.25) is 0 Å². The summed E-state index contributed by atoms with van der Waals surface area (Å²) in [5.74, 6) is 3.76. The number of hydrogen-bond donors (Lipinski definition) is 3. The van der Waals surface area contributed by atoms with Crippen molar-refractivity contribution < 1.29 is 14.7 Å². The van der Waals surface area contributed by atoms with Gasteiger partial charge in [0.2, 0.25) is 11.8 Å². The highest BCUT2D eigenvalue weighted by molar-refractivity contribution is 7.99. The molecule has 0 unspecified atom stereocenters. The number of nitrogens with one attached hydrogen (secondary N) is 2. The zero-order valence-corrected chi connectivity index (χ0v) is 30.3. The van der Waals surface area contributed by atoms with Gasteiger partial charge in [0.05, 0.1) is 5.41 Å². The molecule has 0 fully saturated rings. The lowest BCUT2D eigenvalue weighted by Gasteiger charge is -2.29. The van der Waals surface area contributed by atoms with E-state index in [1.165, 1.54) is 12.8 Å². The maximum absolute atomic E-state index is 12.0. The molecule has 0 aliphatic heterocycles. The molecular formula is C33H76N2O3S.